The molecule has 1 aliphatic heterocycles. The maximum Gasteiger partial charge on any atom is 0.254 e. The summed E-state index contributed by atoms with van der Waals surface area (Å²) in [5.74, 6) is -0.331. The van der Waals surface area contributed by atoms with Crippen LogP contribution < -0.4 is 0 Å². The molecule has 1 amide bonds. The Kier molecular flexibility index (Phi) is 5.97. The van der Waals surface area contributed by atoms with E-state index in [2.05, 4.69) is 0 Å². The van der Waals surface area contributed by atoms with E-state index in [4.69, 9.17) is 5.26 Å². The molecule has 0 aromatic heterocycles. The number of carbonyl (C=O) groups excluding carboxylic acids is 1. The Balaban J connectivity index is 2.33. The lowest BCUT2D eigenvalue weighted by Crippen LogP contribution is -2.42. The summed E-state index contributed by atoms with van der Waals surface area (Å²) in [4.78, 5) is 14.0. The van der Waals surface area contributed by atoms with Gasteiger partial charge in [0.05, 0.1) is 11.0 Å². The van der Waals surface area contributed by atoms with E-state index < -0.39 is 10.0 Å². The number of benzene rings is 1. The lowest BCUT2D eigenvalue weighted by molar-refractivity contribution is 0.0784. The first kappa shape index (κ1) is 18.4. The van der Waals surface area contributed by atoms with E-state index in [0.717, 1.165) is 19.3 Å². The number of piperidine rings is 1. The fourth-order valence-corrected chi connectivity index (χ4v) is 4.69. The summed E-state index contributed by atoms with van der Waals surface area (Å²) in [6.07, 6.45) is 2.74. The highest BCUT2D eigenvalue weighted by Crippen LogP contribution is 2.25. The smallest absolute Gasteiger partial charge is 0.254 e. The first-order valence-electron chi connectivity index (χ1n) is 8.20. The van der Waals surface area contributed by atoms with Crippen LogP contribution in [0.2, 0.25) is 0 Å². The van der Waals surface area contributed by atoms with E-state index in [0.29, 0.717) is 13.1 Å². The first-order valence-corrected chi connectivity index (χ1v) is 9.64. The highest BCUT2D eigenvalue weighted by atomic mass is 32.2. The van der Waals surface area contributed by atoms with E-state index in [1.54, 1.807) is 19.1 Å². The van der Waals surface area contributed by atoms with Gasteiger partial charge in [0, 0.05) is 24.7 Å². The SMILES string of the molecule is CCN(CC#N)C(=O)c1cccc(S(=O)(=O)N2CCCCC2C)c1. The number of nitriles is 1. The molecule has 1 atom stereocenters. The normalized spacial score (nSPS) is 18.8. The molecular formula is C17H23N3O3S. The molecule has 0 spiro atoms. The largest absolute Gasteiger partial charge is 0.326 e. The van der Waals surface area contributed by atoms with Gasteiger partial charge in [0.25, 0.3) is 5.91 Å². The van der Waals surface area contributed by atoms with Gasteiger partial charge in [0.15, 0.2) is 0 Å². The summed E-state index contributed by atoms with van der Waals surface area (Å²) in [5, 5.41) is 8.80. The van der Waals surface area contributed by atoms with Crippen molar-refractivity contribution in [2.45, 2.75) is 44.0 Å². The van der Waals surface area contributed by atoms with Crippen LogP contribution in [0.4, 0.5) is 0 Å². The van der Waals surface area contributed by atoms with Crippen molar-refractivity contribution >= 4 is 15.9 Å². The van der Waals surface area contributed by atoms with Crippen LogP contribution in [0.3, 0.4) is 0 Å². The molecule has 1 aliphatic rings. The highest BCUT2D eigenvalue weighted by molar-refractivity contribution is 7.89. The van der Waals surface area contributed by atoms with E-state index in [-0.39, 0.29) is 29.0 Å². The molecule has 0 aliphatic carbocycles. The van der Waals surface area contributed by atoms with Gasteiger partial charge < -0.3 is 4.90 Å². The Bertz CT molecular complexity index is 740. The second-order valence-electron chi connectivity index (χ2n) is 5.97. The molecule has 0 bridgehead atoms. The summed E-state index contributed by atoms with van der Waals surface area (Å²) in [6, 6.07) is 8.02. The minimum Gasteiger partial charge on any atom is -0.326 e. The summed E-state index contributed by atoms with van der Waals surface area (Å²) in [6.45, 7) is 4.59. The van der Waals surface area contributed by atoms with Crippen LogP contribution in [0.5, 0.6) is 0 Å². The Morgan fingerprint density at radius 2 is 2.17 bits per heavy atom. The van der Waals surface area contributed by atoms with Crippen LogP contribution >= 0.6 is 0 Å². The Morgan fingerprint density at radius 1 is 1.42 bits per heavy atom. The third-order valence-electron chi connectivity index (χ3n) is 4.36. The molecular weight excluding hydrogens is 326 g/mol. The highest BCUT2D eigenvalue weighted by Gasteiger charge is 2.31. The Labute approximate surface area is 143 Å². The van der Waals surface area contributed by atoms with Crippen molar-refractivity contribution in [3.63, 3.8) is 0 Å². The number of hydrogen-bond acceptors (Lipinski definition) is 4. The van der Waals surface area contributed by atoms with Crippen LogP contribution in [0.1, 0.15) is 43.5 Å². The predicted octanol–water partition coefficient (Wildman–Crippen LogP) is 2.24. The molecule has 6 nitrogen and oxygen atoms in total. The third-order valence-corrected chi connectivity index (χ3v) is 6.37. The van der Waals surface area contributed by atoms with Gasteiger partial charge in [-0.2, -0.15) is 9.57 Å². The fourth-order valence-electron chi connectivity index (χ4n) is 2.95. The zero-order valence-electron chi connectivity index (χ0n) is 14.1. The fraction of sp³-hybridized carbons (Fsp3) is 0.529. The lowest BCUT2D eigenvalue weighted by atomic mass is 10.1. The predicted molar refractivity (Wildman–Crippen MR) is 90.8 cm³/mol. The van der Waals surface area contributed by atoms with Gasteiger partial charge in [0.1, 0.15) is 6.54 Å². The number of rotatable bonds is 5. The summed E-state index contributed by atoms with van der Waals surface area (Å²) in [5.41, 5.74) is 0.290. The van der Waals surface area contributed by atoms with Crippen molar-refractivity contribution in [3.05, 3.63) is 29.8 Å². The first-order chi connectivity index (χ1) is 11.4. The minimum atomic E-state index is -3.61. The Hall–Kier alpha value is -1.91. The zero-order valence-corrected chi connectivity index (χ0v) is 14.9. The zero-order chi connectivity index (χ0) is 17.7. The number of hydrogen-bond donors (Lipinski definition) is 0. The molecule has 2 rings (SSSR count). The summed E-state index contributed by atoms with van der Waals surface area (Å²) >= 11 is 0. The summed E-state index contributed by atoms with van der Waals surface area (Å²) in [7, 11) is -3.61. The maximum absolute atomic E-state index is 12.9. The van der Waals surface area contributed by atoms with Crippen LogP contribution in [-0.4, -0.2) is 49.2 Å². The van der Waals surface area contributed by atoms with Gasteiger partial charge in [-0.1, -0.05) is 12.5 Å². The van der Waals surface area contributed by atoms with E-state index in [9.17, 15) is 13.2 Å². The van der Waals surface area contributed by atoms with Crippen LogP contribution in [0.15, 0.2) is 29.2 Å². The molecule has 0 saturated carbocycles. The molecule has 1 saturated heterocycles. The van der Waals surface area contributed by atoms with E-state index in [1.165, 1.54) is 21.3 Å². The Morgan fingerprint density at radius 3 is 2.79 bits per heavy atom. The average molecular weight is 349 g/mol. The number of amides is 1. The van der Waals surface area contributed by atoms with Gasteiger partial charge >= 0.3 is 0 Å². The van der Waals surface area contributed by atoms with Gasteiger partial charge in [-0.05, 0) is 44.9 Å². The monoisotopic (exact) mass is 349 g/mol. The summed E-state index contributed by atoms with van der Waals surface area (Å²) < 4.78 is 27.3. The van der Waals surface area contributed by atoms with Crippen LogP contribution in [-0.2, 0) is 10.0 Å². The van der Waals surface area contributed by atoms with Gasteiger partial charge in [-0.3, -0.25) is 4.79 Å². The molecule has 1 unspecified atom stereocenters. The van der Waals surface area contributed by atoms with E-state index >= 15 is 0 Å². The topological polar surface area (TPSA) is 81.5 Å². The van der Waals surface area contributed by atoms with Gasteiger partial charge in [-0.15, -0.1) is 0 Å². The lowest BCUT2D eigenvalue weighted by Gasteiger charge is -2.32. The van der Waals surface area contributed by atoms with Crippen molar-refractivity contribution in [2.75, 3.05) is 19.6 Å². The van der Waals surface area contributed by atoms with Gasteiger partial charge in [0.2, 0.25) is 10.0 Å². The van der Waals surface area contributed by atoms with Crippen molar-refractivity contribution in [1.82, 2.24) is 9.21 Å². The molecule has 1 aromatic rings. The molecule has 1 fully saturated rings. The molecule has 1 aromatic carbocycles. The number of sulfonamides is 1. The minimum absolute atomic E-state index is 0.0184. The van der Waals surface area contributed by atoms with Crippen molar-refractivity contribution < 1.29 is 13.2 Å². The second kappa shape index (κ2) is 7.77. The molecule has 0 radical (unpaired) electrons. The van der Waals surface area contributed by atoms with Crippen molar-refractivity contribution in [1.29, 1.82) is 5.26 Å². The van der Waals surface area contributed by atoms with Gasteiger partial charge in [-0.25, -0.2) is 8.42 Å². The quantitative estimate of drug-likeness (QED) is 0.763. The van der Waals surface area contributed by atoms with E-state index in [1.807, 2.05) is 13.0 Å². The number of carbonyl (C=O) groups is 1. The molecule has 1 heterocycles. The van der Waals surface area contributed by atoms with Crippen LogP contribution in [0, 0.1) is 11.3 Å². The molecule has 7 heteroatoms. The standard InChI is InChI=1S/C17H23N3O3S/c1-3-19(12-10-18)17(21)15-8-6-9-16(13-15)24(22,23)20-11-5-4-7-14(20)2/h6,8-9,13-14H,3-5,7,11-12H2,1-2H3. The second-order valence-corrected chi connectivity index (χ2v) is 7.86. The maximum atomic E-state index is 12.9. The van der Waals surface area contributed by atoms with Crippen molar-refractivity contribution in [3.8, 4) is 6.07 Å². The van der Waals surface area contributed by atoms with Crippen molar-refractivity contribution in [2.24, 2.45) is 0 Å². The average Bonchev–Trinajstić information content (AvgIpc) is 2.59. The molecule has 0 N–H and O–H groups in total. The molecule has 24 heavy (non-hydrogen) atoms. The molecule has 130 valence electrons. The third kappa shape index (κ3) is 3.77. The number of nitrogens with zero attached hydrogens (tertiary/aromatic N) is 3. The van der Waals surface area contributed by atoms with Crippen LogP contribution in [0.25, 0.3) is 0 Å².